The number of nitrogens with one attached hydrogen (secondary N) is 2. The third kappa shape index (κ3) is 4.31. The number of hydrogen-bond acceptors (Lipinski definition) is 11. The molecule has 6 rings (SSSR count). The van der Waals surface area contributed by atoms with Gasteiger partial charge in [0.2, 0.25) is 11.9 Å². The molecule has 0 atom stereocenters. The molecule has 4 aromatic heterocycles. The maximum Gasteiger partial charge on any atom is 0.329 e. The van der Waals surface area contributed by atoms with Crippen LogP contribution in [-0.4, -0.2) is 102 Å². The number of nitrogens with zero attached hydrogens (tertiary/aromatic N) is 8. The number of H-pyrrole nitrogens is 2. The number of hydrogen-bond donors (Lipinski definition) is 3. The molecule has 0 bridgehead atoms. The van der Waals surface area contributed by atoms with E-state index < -0.39 is 28.6 Å². The van der Waals surface area contributed by atoms with Gasteiger partial charge in [-0.15, -0.1) is 0 Å². The van der Waals surface area contributed by atoms with E-state index in [-0.39, 0.29) is 35.4 Å². The van der Waals surface area contributed by atoms with Crippen molar-refractivity contribution in [3.8, 4) is 0 Å². The lowest BCUT2D eigenvalue weighted by Crippen LogP contribution is -2.39. The number of aliphatic hydroxyl groups excluding tert-OH is 1. The van der Waals surface area contributed by atoms with Crippen molar-refractivity contribution < 1.29 is 14.6 Å². The molecule has 2 saturated heterocycles. The second-order valence-corrected chi connectivity index (χ2v) is 9.88. The van der Waals surface area contributed by atoms with Gasteiger partial charge in [-0.3, -0.25) is 28.7 Å². The van der Waals surface area contributed by atoms with Crippen molar-refractivity contribution >= 4 is 34.2 Å². The van der Waals surface area contributed by atoms with E-state index in [1.807, 2.05) is 9.80 Å². The van der Waals surface area contributed by atoms with Crippen LogP contribution in [0.5, 0.6) is 0 Å². The highest BCUT2D eigenvalue weighted by atomic mass is 16.5. The van der Waals surface area contributed by atoms with Crippen LogP contribution in [0.2, 0.25) is 0 Å². The Bertz CT molecular complexity index is 1680. The summed E-state index contributed by atoms with van der Waals surface area (Å²) in [5, 5.41) is 11.4. The average molecular weight is 559 g/mol. The molecule has 40 heavy (non-hydrogen) atoms. The molecule has 4 aromatic rings. The topological polar surface area (TPSA) is 191 Å². The smallest absolute Gasteiger partial charge is 0.329 e. The summed E-state index contributed by atoms with van der Waals surface area (Å²) in [6.07, 6.45) is -1.12. The molecule has 0 saturated carbocycles. The highest BCUT2D eigenvalue weighted by Gasteiger charge is 2.27. The van der Waals surface area contributed by atoms with Crippen LogP contribution in [0.3, 0.4) is 0 Å². The fourth-order valence-corrected chi connectivity index (χ4v) is 5.28. The summed E-state index contributed by atoms with van der Waals surface area (Å²) in [6, 6.07) is 0. The fourth-order valence-electron chi connectivity index (χ4n) is 5.28. The molecule has 0 amide bonds. The molecule has 214 valence electrons. The van der Waals surface area contributed by atoms with Gasteiger partial charge in [-0.2, -0.15) is 9.97 Å². The number of morpholine rings is 2. The Morgan fingerprint density at radius 1 is 0.725 bits per heavy atom. The molecule has 2 aliphatic heterocycles. The van der Waals surface area contributed by atoms with E-state index in [4.69, 9.17) is 9.47 Å². The number of imidazole rings is 2. The van der Waals surface area contributed by atoms with Gasteiger partial charge < -0.3 is 33.5 Å². The Morgan fingerprint density at radius 2 is 1.10 bits per heavy atom. The first-order valence-corrected chi connectivity index (χ1v) is 13.0. The van der Waals surface area contributed by atoms with Gasteiger partial charge in [0.05, 0.1) is 45.6 Å². The second kappa shape index (κ2) is 10.1. The lowest BCUT2D eigenvalue weighted by molar-refractivity contribution is 0.118. The van der Waals surface area contributed by atoms with Gasteiger partial charge in [-0.1, -0.05) is 0 Å². The minimum Gasteiger partial charge on any atom is -0.389 e. The van der Waals surface area contributed by atoms with Crippen molar-refractivity contribution in [2.24, 2.45) is 14.1 Å². The van der Waals surface area contributed by atoms with Crippen molar-refractivity contribution in [1.29, 1.82) is 0 Å². The summed E-state index contributed by atoms with van der Waals surface area (Å²) in [4.78, 5) is 68.2. The fraction of sp³-hybridized carbons (Fsp3) is 0.565. The molecule has 2 aliphatic rings. The molecular formula is C23H30N10O7. The van der Waals surface area contributed by atoms with Crippen molar-refractivity contribution in [2.75, 3.05) is 62.4 Å². The minimum atomic E-state index is -1.12. The van der Waals surface area contributed by atoms with Gasteiger partial charge in [0.1, 0.15) is 0 Å². The van der Waals surface area contributed by atoms with E-state index in [0.717, 1.165) is 0 Å². The molecule has 0 unspecified atom stereocenters. The van der Waals surface area contributed by atoms with Crippen LogP contribution < -0.4 is 32.3 Å². The highest BCUT2D eigenvalue weighted by Crippen LogP contribution is 2.24. The van der Waals surface area contributed by atoms with Gasteiger partial charge in [0.25, 0.3) is 11.1 Å². The number of ether oxygens (including phenoxy) is 2. The van der Waals surface area contributed by atoms with Crippen molar-refractivity contribution in [3.63, 3.8) is 0 Å². The van der Waals surface area contributed by atoms with Crippen LogP contribution in [0, 0.1) is 0 Å². The molecular weight excluding hydrogens is 528 g/mol. The maximum atomic E-state index is 13.0. The maximum absolute atomic E-state index is 13.0. The minimum absolute atomic E-state index is 0.0730. The Morgan fingerprint density at radius 3 is 1.48 bits per heavy atom. The van der Waals surface area contributed by atoms with E-state index >= 15 is 0 Å². The average Bonchev–Trinajstić information content (AvgIpc) is 3.51. The number of aliphatic hydroxyl groups is 1. The van der Waals surface area contributed by atoms with Crippen LogP contribution in [-0.2, 0) is 36.7 Å². The van der Waals surface area contributed by atoms with Crippen LogP contribution >= 0.6 is 0 Å². The highest BCUT2D eigenvalue weighted by molar-refractivity contribution is 5.75. The van der Waals surface area contributed by atoms with Gasteiger partial charge >= 0.3 is 11.4 Å². The summed E-state index contributed by atoms with van der Waals surface area (Å²) in [7, 11) is 3.03. The van der Waals surface area contributed by atoms with E-state index in [0.29, 0.717) is 64.5 Å². The number of anilines is 2. The van der Waals surface area contributed by atoms with E-state index in [1.165, 1.54) is 23.2 Å². The first kappa shape index (κ1) is 26.0. The molecule has 0 aromatic carbocycles. The molecule has 6 heterocycles. The van der Waals surface area contributed by atoms with Gasteiger partial charge in [0, 0.05) is 40.3 Å². The first-order valence-electron chi connectivity index (χ1n) is 13.0. The predicted molar refractivity (Wildman–Crippen MR) is 143 cm³/mol. The van der Waals surface area contributed by atoms with Crippen LogP contribution in [0.1, 0.15) is 0 Å². The molecule has 0 radical (unpaired) electrons. The van der Waals surface area contributed by atoms with Crippen LogP contribution in [0.4, 0.5) is 11.9 Å². The molecule has 17 nitrogen and oxygen atoms in total. The van der Waals surface area contributed by atoms with E-state index in [2.05, 4.69) is 19.9 Å². The number of fused-ring (bicyclic) bond motifs is 2. The zero-order valence-electron chi connectivity index (χ0n) is 22.1. The molecule has 17 heteroatoms. The predicted octanol–water partition coefficient (Wildman–Crippen LogP) is -3.11. The summed E-state index contributed by atoms with van der Waals surface area (Å²) in [5.41, 5.74) is -1.76. The Hall–Kier alpha value is -4.22. The lowest BCUT2D eigenvalue weighted by atomic mass is 10.3. The zero-order chi connectivity index (χ0) is 28.1. The quantitative estimate of drug-likeness (QED) is 0.217. The van der Waals surface area contributed by atoms with Gasteiger partial charge in [-0.25, -0.2) is 9.59 Å². The number of aryl methyl sites for hydroxylation is 2. The van der Waals surface area contributed by atoms with Crippen molar-refractivity contribution in [1.82, 2.24) is 38.2 Å². The Labute approximate surface area is 224 Å². The van der Waals surface area contributed by atoms with Gasteiger partial charge in [0.15, 0.2) is 22.3 Å². The van der Waals surface area contributed by atoms with Crippen molar-refractivity contribution in [3.05, 3.63) is 41.7 Å². The van der Waals surface area contributed by atoms with Crippen LogP contribution in [0.15, 0.2) is 19.2 Å². The second-order valence-electron chi connectivity index (χ2n) is 9.88. The monoisotopic (exact) mass is 558 g/mol. The molecule has 0 aliphatic carbocycles. The SMILES string of the molecule is Cn1c(=O)[nH]c(=O)c2c1nc(N1CCOCC1)n2CC(O)Cn1c(N2CCOCC2)nc2c1c(=O)[nH]c(=O)n2C. The number of rotatable bonds is 6. The summed E-state index contributed by atoms with van der Waals surface area (Å²) < 4.78 is 16.6. The lowest BCUT2D eigenvalue weighted by Gasteiger charge is -2.29. The summed E-state index contributed by atoms with van der Waals surface area (Å²) in [6.45, 7) is 3.78. The van der Waals surface area contributed by atoms with Crippen LogP contribution in [0.25, 0.3) is 22.3 Å². The molecule has 0 spiro atoms. The first-order chi connectivity index (χ1) is 19.2. The normalized spacial score (nSPS) is 16.6. The van der Waals surface area contributed by atoms with Crippen molar-refractivity contribution in [2.45, 2.75) is 19.2 Å². The zero-order valence-corrected chi connectivity index (χ0v) is 22.1. The third-order valence-corrected chi connectivity index (χ3v) is 7.35. The molecule has 3 N–H and O–H groups in total. The Kier molecular flexibility index (Phi) is 6.55. The number of aromatic nitrogens is 8. The standard InChI is InChI=1S/C23H30N10O7/c1-28-16-14(18(35)26-22(28)37)32(20(24-16)30-3-7-39-8-4-30)11-13(34)12-33-15-17(29(2)23(38)27-19(15)36)25-21(33)31-5-9-40-10-6-31/h13,34H,3-12H2,1-2H3,(H,26,35,37)(H,27,36,38). The van der Waals surface area contributed by atoms with E-state index in [1.54, 1.807) is 9.13 Å². The Balaban J connectivity index is 1.44. The van der Waals surface area contributed by atoms with Gasteiger partial charge in [-0.05, 0) is 0 Å². The summed E-state index contributed by atoms with van der Waals surface area (Å²) >= 11 is 0. The summed E-state index contributed by atoms with van der Waals surface area (Å²) in [5.74, 6) is 0.848. The largest absolute Gasteiger partial charge is 0.389 e. The number of aromatic amines is 2. The molecule has 2 fully saturated rings. The third-order valence-electron chi connectivity index (χ3n) is 7.35. The van der Waals surface area contributed by atoms with E-state index in [9.17, 15) is 24.3 Å².